The van der Waals surface area contributed by atoms with Gasteiger partial charge in [0.15, 0.2) is 5.84 Å². The third-order valence-corrected chi connectivity index (χ3v) is 3.60. The highest BCUT2D eigenvalue weighted by molar-refractivity contribution is 9.10. The van der Waals surface area contributed by atoms with E-state index in [1.54, 1.807) is 0 Å². The van der Waals surface area contributed by atoms with E-state index in [9.17, 15) is 0 Å². The minimum atomic E-state index is -0.358. The summed E-state index contributed by atoms with van der Waals surface area (Å²) < 4.78 is 0.995. The van der Waals surface area contributed by atoms with Crippen LogP contribution < -0.4 is 5.48 Å². The molecular weight excluding hydrogens is 328 g/mol. The van der Waals surface area contributed by atoms with Crippen LogP contribution in [0.5, 0.6) is 0 Å². The summed E-state index contributed by atoms with van der Waals surface area (Å²) in [5.41, 5.74) is 4.64. The van der Waals surface area contributed by atoms with Crippen molar-refractivity contribution in [2.45, 2.75) is 6.23 Å². The maximum Gasteiger partial charge on any atom is 0.202 e. The third-order valence-electron chi connectivity index (χ3n) is 2.78. The van der Waals surface area contributed by atoms with E-state index in [-0.39, 0.29) is 6.23 Å². The van der Waals surface area contributed by atoms with E-state index in [1.807, 2.05) is 48.5 Å². The Labute approximate surface area is 124 Å². The molecule has 0 aromatic heterocycles. The molecule has 3 rings (SSSR count). The van der Waals surface area contributed by atoms with Gasteiger partial charge in [-0.3, -0.25) is 0 Å². The van der Waals surface area contributed by atoms with Gasteiger partial charge in [0.1, 0.15) is 0 Å². The highest BCUT2D eigenvalue weighted by Crippen LogP contribution is 2.27. The van der Waals surface area contributed by atoms with Crippen LogP contribution in [0.25, 0.3) is 0 Å². The van der Waals surface area contributed by atoms with Gasteiger partial charge in [-0.1, -0.05) is 51.8 Å². The molecule has 19 heavy (non-hydrogen) atoms. The number of nitrogens with zero attached hydrogens (tertiary/aromatic N) is 1. The van der Waals surface area contributed by atoms with E-state index in [1.165, 1.54) is 0 Å². The molecular formula is C14H10BrClN2O. The van der Waals surface area contributed by atoms with Crippen molar-refractivity contribution in [2.24, 2.45) is 4.99 Å². The first-order valence-electron chi connectivity index (χ1n) is 5.74. The SMILES string of the molecule is Clc1ccccc1C1=NC(c2cccc(Br)c2)ON1. The van der Waals surface area contributed by atoms with Crippen molar-refractivity contribution >= 4 is 33.4 Å². The zero-order valence-corrected chi connectivity index (χ0v) is 12.1. The van der Waals surface area contributed by atoms with Crippen molar-refractivity contribution in [3.05, 3.63) is 69.2 Å². The third kappa shape index (κ3) is 2.66. The van der Waals surface area contributed by atoms with Crippen LogP contribution in [0.3, 0.4) is 0 Å². The second kappa shape index (κ2) is 5.33. The van der Waals surface area contributed by atoms with Gasteiger partial charge in [-0.2, -0.15) is 0 Å². The fraction of sp³-hybridized carbons (Fsp3) is 0.0714. The van der Waals surface area contributed by atoms with Crippen LogP contribution >= 0.6 is 27.5 Å². The predicted molar refractivity (Wildman–Crippen MR) is 79.1 cm³/mol. The highest BCUT2D eigenvalue weighted by atomic mass is 79.9. The van der Waals surface area contributed by atoms with Crippen LogP contribution in [0.1, 0.15) is 17.4 Å². The number of nitrogens with one attached hydrogen (secondary N) is 1. The van der Waals surface area contributed by atoms with Crippen LogP contribution in [0.15, 0.2) is 58.0 Å². The number of aliphatic imine (C=N–C) groups is 1. The molecule has 1 aliphatic heterocycles. The van der Waals surface area contributed by atoms with E-state index >= 15 is 0 Å². The summed E-state index contributed by atoms with van der Waals surface area (Å²) in [6.07, 6.45) is -0.358. The highest BCUT2D eigenvalue weighted by Gasteiger charge is 2.22. The summed E-state index contributed by atoms with van der Waals surface area (Å²) in [5, 5.41) is 0.646. The molecule has 2 aromatic carbocycles. The van der Waals surface area contributed by atoms with Gasteiger partial charge < -0.3 is 0 Å². The first kappa shape index (κ1) is 12.7. The second-order valence-electron chi connectivity index (χ2n) is 4.08. The maximum atomic E-state index is 6.14. The summed E-state index contributed by atoms with van der Waals surface area (Å²) >= 11 is 9.57. The minimum absolute atomic E-state index is 0.358. The van der Waals surface area contributed by atoms with Crippen LogP contribution in [0, 0.1) is 0 Å². The molecule has 1 N–H and O–H groups in total. The van der Waals surface area contributed by atoms with Gasteiger partial charge in [0, 0.05) is 15.6 Å². The normalized spacial score (nSPS) is 18.0. The fourth-order valence-corrected chi connectivity index (χ4v) is 2.50. The quantitative estimate of drug-likeness (QED) is 0.896. The van der Waals surface area contributed by atoms with E-state index < -0.39 is 0 Å². The number of rotatable bonds is 2. The fourth-order valence-electron chi connectivity index (χ4n) is 1.86. The molecule has 0 aliphatic carbocycles. The van der Waals surface area contributed by atoms with Gasteiger partial charge in [0.2, 0.25) is 6.23 Å². The van der Waals surface area contributed by atoms with Crippen molar-refractivity contribution in [2.75, 3.05) is 0 Å². The molecule has 0 radical (unpaired) electrons. The number of hydrogen-bond acceptors (Lipinski definition) is 3. The minimum Gasteiger partial charge on any atom is -0.246 e. The lowest BCUT2D eigenvalue weighted by molar-refractivity contribution is 0.0376. The second-order valence-corrected chi connectivity index (χ2v) is 5.41. The average molecular weight is 338 g/mol. The Morgan fingerprint density at radius 1 is 1.16 bits per heavy atom. The monoisotopic (exact) mass is 336 g/mol. The lowest BCUT2D eigenvalue weighted by Gasteiger charge is -2.05. The van der Waals surface area contributed by atoms with Crippen molar-refractivity contribution in [1.29, 1.82) is 0 Å². The number of amidine groups is 1. The first-order valence-corrected chi connectivity index (χ1v) is 6.91. The Bertz CT molecular complexity index is 645. The van der Waals surface area contributed by atoms with E-state index in [0.717, 1.165) is 15.6 Å². The Morgan fingerprint density at radius 3 is 2.79 bits per heavy atom. The molecule has 0 saturated carbocycles. The smallest absolute Gasteiger partial charge is 0.202 e. The molecule has 0 spiro atoms. The zero-order chi connectivity index (χ0) is 13.2. The van der Waals surface area contributed by atoms with Crippen LogP contribution in [-0.4, -0.2) is 5.84 Å². The molecule has 0 amide bonds. The van der Waals surface area contributed by atoms with E-state index in [2.05, 4.69) is 26.4 Å². The Balaban J connectivity index is 1.92. The molecule has 2 aromatic rings. The van der Waals surface area contributed by atoms with Crippen molar-refractivity contribution in [3.63, 3.8) is 0 Å². The Morgan fingerprint density at radius 2 is 2.00 bits per heavy atom. The Kier molecular flexibility index (Phi) is 3.55. The molecule has 0 fully saturated rings. The summed E-state index contributed by atoms with van der Waals surface area (Å²) in [4.78, 5) is 9.99. The van der Waals surface area contributed by atoms with E-state index in [4.69, 9.17) is 16.4 Å². The summed E-state index contributed by atoms with van der Waals surface area (Å²) in [5.74, 6) is 0.649. The molecule has 1 unspecified atom stereocenters. The summed E-state index contributed by atoms with van der Waals surface area (Å²) in [6, 6.07) is 15.4. The summed E-state index contributed by atoms with van der Waals surface area (Å²) in [6.45, 7) is 0. The molecule has 96 valence electrons. The summed E-state index contributed by atoms with van der Waals surface area (Å²) in [7, 11) is 0. The largest absolute Gasteiger partial charge is 0.246 e. The number of hydrogen-bond donors (Lipinski definition) is 1. The molecule has 1 aliphatic rings. The van der Waals surface area contributed by atoms with Gasteiger partial charge >= 0.3 is 0 Å². The zero-order valence-electron chi connectivity index (χ0n) is 9.81. The Hall–Kier alpha value is -1.36. The average Bonchev–Trinajstić information content (AvgIpc) is 2.89. The lowest BCUT2D eigenvalue weighted by Crippen LogP contribution is -2.18. The lowest BCUT2D eigenvalue weighted by atomic mass is 10.2. The van der Waals surface area contributed by atoms with Crippen LogP contribution in [-0.2, 0) is 4.84 Å². The van der Waals surface area contributed by atoms with Gasteiger partial charge in [-0.05, 0) is 24.3 Å². The van der Waals surface area contributed by atoms with E-state index in [0.29, 0.717) is 10.9 Å². The number of halogens is 2. The maximum absolute atomic E-state index is 6.14. The number of benzene rings is 2. The number of hydroxylamine groups is 1. The molecule has 5 heteroatoms. The molecule has 1 atom stereocenters. The first-order chi connectivity index (χ1) is 9.24. The van der Waals surface area contributed by atoms with Crippen molar-refractivity contribution < 1.29 is 4.84 Å². The molecule has 0 bridgehead atoms. The predicted octanol–water partition coefficient (Wildman–Crippen LogP) is 4.08. The van der Waals surface area contributed by atoms with Crippen LogP contribution in [0.4, 0.5) is 0 Å². The van der Waals surface area contributed by atoms with Crippen molar-refractivity contribution in [3.8, 4) is 0 Å². The molecule has 1 heterocycles. The van der Waals surface area contributed by atoms with Gasteiger partial charge in [-0.15, -0.1) is 0 Å². The van der Waals surface area contributed by atoms with Crippen LogP contribution in [0.2, 0.25) is 5.02 Å². The van der Waals surface area contributed by atoms with Gasteiger partial charge in [-0.25, -0.2) is 15.3 Å². The molecule has 3 nitrogen and oxygen atoms in total. The standard InChI is InChI=1S/C14H10BrClN2O/c15-10-5-3-4-9(8-10)14-17-13(18-19-14)11-6-1-2-7-12(11)16/h1-8,14H,(H,17,18). The van der Waals surface area contributed by atoms with Gasteiger partial charge in [0.25, 0.3) is 0 Å². The topological polar surface area (TPSA) is 33.6 Å². The van der Waals surface area contributed by atoms with Gasteiger partial charge in [0.05, 0.1) is 5.02 Å². The van der Waals surface area contributed by atoms with Crippen molar-refractivity contribution in [1.82, 2.24) is 5.48 Å². The molecule has 0 saturated heterocycles.